The molecule has 0 N–H and O–H groups in total. The summed E-state index contributed by atoms with van der Waals surface area (Å²) in [5, 5.41) is 0.712. The predicted molar refractivity (Wildman–Crippen MR) is 80.2 cm³/mol. The van der Waals surface area contributed by atoms with Gasteiger partial charge in [-0.25, -0.2) is 4.39 Å². The van der Waals surface area contributed by atoms with Crippen LogP contribution >= 0.6 is 46.4 Å². The van der Waals surface area contributed by atoms with E-state index in [0.29, 0.717) is 26.2 Å². The zero-order chi connectivity index (χ0) is 14.0. The zero-order valence-corrected chi connectivity index (χ0v) is 12.7. The van der Waals surface area contributed by atoms with Gasteiger partial charge in [0.05, 0.1) is 5.38 Å². The van der Waals surface area contributed by atoms with Gasteiger partial charge in [-0.1, -0.05) is 46.9 Å². The van der Waals surface area contributed by atoms with E-state index in [9.17, 15) is 4.39 Å². The molecule has 0 nitrogen and oxygen atoms in total. The Labute approximate surface area is 131 Å². The normalized spacial score (nSPS) is 12.5. The van der Waals surface area contributed by atoms with Crippen LogP contribution in [0.4, 0.5) is 4.39 Å². The summed E-state index contributed by atoms with van der Waals surface area (Å²) in [6.45, 7) is 0. The quantitative estimate of drug-likeness (QED) is 0.576. The van der Waals surface area contributed by atoms with Gasteiger partial charge in [-0.3, -0.25) is 0 Å². The van der Waals surface area contributed by atoms with Crippen molar-refractivity contribution in [2.24, 2.45) is 0 Å². The van der Waals surface area contributed by atoms with Crippen LogP contribution in [-0.4, -0.2) is 0 Å². The molecule has 2 aromatic carbocycles. The summed E-state index contributed by atoms with van der Waals surface area (Å²) < 4.78 is 13.7. The van der Waals surface area contributed by atoms with Gasteiger partial charge in [0.15, 0.2) is 0 Å². The topological polar surface area (TPSA) is 0 Å². The Morgan fingerprint density at radius 2 is 1.42 bits per heavy atom. The molecule has 0 aliphatic heterocycles. The summed E-state index contributed by atoms with van der Waals surface area (Å²) in [6.07, 6.45) is 0.219. The van der Waals surface area contributed by atoms with Crippen LogP contribution < -0.4 is 0 Å². The predicted octanol–water partition coefficient (Wildman–Crippen LogP) is 6.31. The van der Waals surface area contributed by atoms with Crippen molar-refractivity contribution < 1.29 is 4.39 Å². The monoisotopic (exact) mass is 336 g/mol. The number of hydrogen-bond acceptors (Lipinski definition) is 0. The average molecular weight is 338 g/mol. The van der Waals surface area contributed by atoms with E-state index in [4.69, 9.17) is 46.4 Å². The Morgan fingerprint density at radius 1 is 0.895 bits per heavy atom. The molecule has 0 saturated heterocycles. The van der Waals surface area contributed by atoms with Crippen molar-refractivity contribution in [1.29, 1.82) is 0 Å². The first-order valence-electron chi connectivity index (χ1n) is 5.51. The third-order valence-corrected chi connectivity index (χ3v) is 4.14. The molecule has 1 unspecified atom stereocenters. The first-order chi connectivity index (χ1) is 9.00. The second kappa shape index (κ2) is 6.32. The highest BCUT2D eigenvalue weighted by Crippen LogP contribution is 2.37. The van der Waals surface area contributed by atoms with Crippen LogP contribution in [0.5, 0.6) is 0 Å². The van der Waals surface area contributed by atoms with Gasteiger partial charge in [0, 0.05) is 26.2 Å². The Morgan fingerprint density at radius 3 is 2.00 bits per heavy atom. The maximum atomic E-state index is 13.7. The number of hydrogen-bond donors (Lipinski definition) is 0. The summed E-state index contributed by atoms with van der Waals surface area (Å²) in [5.74, 6) is -0.388. The Hall–Kier alpha value is -0.470. The minimum Gasteiger partial charge on any atom is -0.207 e. The lowest BCUT2D eigenvalue weighted by molar-refractivity contribution is 0.607. The van der Waals surface area contributed by atoms with Crippen molar-refractivity contribution in [2.75, 3.05) is 0 Å². The Balaban J connectivity index is 2.34. The molecule has 1 atom stereocenters. The summed E-state index contributed by atoms with van der Waals surface area (Å²) in [5.41, 5.74) is 0.951. The molecular weight excluding hydrogens is 329 g/mol. The van der Waals surface area contributed by atoms with Gasteiger partial charge in [0.25, 0.3) is 0 Å². The van der Waals surface area contributed by atoms with Crippen LogP contribution in [0.15, 0.2) is 36.4 Å². The van der Waals surface area contributed by atoms with Gasteiger partial charge in [-0.2, -0.15) is 0 Å². The fourth-order valence-electron chi connectivity index (χ4n) is 1.82. The second-order valence-electron chi connectivity index (χ2n) is 4.01. The van der Waals surface area contributed by atoms with Crippen molar-refractivity contribution >= 4 is 46.4 Å². The lowest BCUT2D eigenvalue weighted by atomic mass is 10.0. The van der Waals surface area contributed by atoms with Crippen LogP contribution in [0.3, 0.4) is 0 Å². The van der Waals surface area contributed by atoms with E-state index in [1.54, 1.807) is 30.3 Å². The number of rotatable bonds is 3. The van der Waals surface area contributed by atoms with Gasteiger partial charge in [-0.05, 0) is 30.7 Å². The minimum absolute atomic E-state index is 0.219. The van der Waals surface area contributed by atoms with Crippen LogP contribution in [0, 0.1) is 5.82 Å². The Bertz CT molecular complexity index is 557. The molecule has 0 radical (unpaired) electrons. The molecule has 2 rings (SSSR count). The van der Waals surface area contributed by atoms with Gasteiger partial charge in [0.2, 0.25) is 0 Å². The van der Waals surface area contributed by atoms with E-state index in [0.717, 1.165) is 0 Å². The summed E-state index contributed by atoms with van der Waals surface area (Å²) in [6, 6.07) is 9.64. The van der Waals surface area contributed by atoms with Crippen LogP contribution in [0.25, 0.3) is 0 Å². The second-order valence-corrected chi connectivity index (χ2v) is 5.76. The van der Waals surface area contributed by atoms with Crippen molar-refractivity contribution in [2.45, 2.75) is 11.8 Å². The van der Waals surface area contributed by atoms with E-state index in [1.165, 1.54) is 6.07 Å². The lowest BCUT2D eigenvalue weighted by Crippen LogP contribution is -2.01. The molecule has 0 bridgehead atoms. The highest BCUT2D eigenvalue weighted by molar-refractivity contribution is 6.37. The van der Waals surface area contributed by atoms with Crippen molar-refractivity contribution in [3.8, 4) is 0 Å². The molecule has 0 saturated carbocycles. The fraction of sp³-hybridized carbons (Fsp3) is 0.143. The van der Waals surface area contributed by atoms with E-state index < -0.39 is 5.38 Å². The molecule has 0 aliphatic carbocycles. The molecule has 0 fully saturated rings. The van der Waals surface area contributed by atoms with E-state index in [1.807, 2.05) is 0 Å². The third kappa shape index (κ3) is 3.35. The lowest BCUT2D eigenvalue weighted by Gasteiger charge is -2.15. The third-order valence-electron chi connectivity index (χ3n) is 2.76. The SMILES string of the molecule is Fc1cccc(Cl)c1CC(Cl)c1c(Cl)cccc1Cl. The number of alkyl halides is 1. The standard InChI is InChI=1S/C14H9Cl4F/c15-9-3-2-6-13(19)8(9)7-12(18)14-10(16)4-1-5-11(14)17/h1-6,12H,7H2. The molecule has 0 aliphatic rings. The van der Waals surface area contributed by atoms with Gasteiger partial charge in [0.1, 0.15) is 5.82 Å². The van der Waals surface area contributed by atoms with E-state index in [2.05, 4.69) is 0 Å². The van der Waals surface area contributed by atoms with Crippen molar-refractivity contribution in [1.82, 2.24) is 0 Å². The summed E-state index contributed by atoms with van der Waals surface area (Å²) in [7, 11) is 0. The highest BCUT2D eigenvalue weighted by Gasteiger charge is 2.19. The molecule has 2 aromatic rings. The van der Waals surface area contributed by atoms with Crippen LogP contribution in [0.2, 0.25) is 15.1 Å². The van der Waals surface area contributed by atoms with E-state index >= 15 is 0 Å². The molecule has 0 heterocycles. The fourth-order valence-corrected chi connectivity index (χ4v) is 3.22. The number of halogens is 5. The maximum absolute atomic E-state index is 13.7. The van der Waals surface area contributed by atoms with Gasteiger partial charge in [-0.15, -0.1) is 11.6 Å². The molecule has 0 amide bonds. The average Bonchev–Trinajstić information content (AvgIpc) is 2.34. The van der Waals surface area contributed by atoms with Crippen LogP contribution in [-0.2, 0) is 6.42 Å². The maximum Gasteiger partial charge on any atom is 0.127 e. The molecule has 5 heteroatoms. The smallest absolute Gasteiger partial charge is 0.127 e. The Kier molecular flexibility index (Phi) is 4.97. The number of benzene rings is 2. The molecule has 100 valence electrons. The van der Waals surface area contributed by atoms with Crippen LogP contribution in [0.1, 0.15) is 16.5 Å². The molecule has 0 spiro atoms. The largest absolute Gasteiger partial charge is 0.207 e. The van der Waals surface area contributed by atoms with Gasteiger partial charge < -0.3 is 0 Å². The summed E-state index contributed by atoms with van der Waals surface area (Å²) in [4.78, 5) is 0. The zero-order valence-electron chi connectivity index (χ0n) is 9.64. The minimum atomic E-state index is -0.546. The van der Waals surface area contributed by atoms with Gasteiger partial charge >= 0.3 is 0 Å². The molecule has 0 aromatic heterocycles. The van der Waals surface area contributed by atoms with Crippen molar-refractivity contribution in [3.63, 3.8) is 0 Å². The first kappa shape index (κ1) is 14.9. The highest BCUT2D eigenvalue weighted by atomic mass is 35.5. The van der Waals surface area contributed by atoms with E-state index in [-0.39, 0.29) is 12.2 Å². The first-order valence-corrected chi connectivity index (χ1v) is 7.08. The summed E-state index contributed by atoms with van der Waals surface area (Å²) >= 11 is 24.4. The van der Waals surface area contributed by atoms with Crippen molar-refractivity contribution in [3.05, 3.63) is 68.4 Å². The molecular formula is C14H9Cl4F. The molecule has 19 heavy (non-hydrogen) atoms.